The first-order valence-electron chi connectivity index (χ1n) is 20.1. The van der Waals surface area contributed by atoms with Gasteiger partial charge in [-0.25, -0.2) is 4.79 Å². The number of ether oxygens (including phenoxy) is 4. The molecular weight excluding hydrogens is 757 g/mol. The van der Waals surface area contributed by atoms with Crippen molar-refractivity contribution in [1.29, 1.82) is 0 Å². The van der Waals surface area contributed by atoms with Crippen LogP contribution in [0.5, 0.6) is 17.2 Å². The van der Waals surface area contributed by atoms with Crippen molar-refractivity contribution in [3.63, 3.8) is 0 Å². The number of nitrogens with zero attached hydrogens (tertiary/aromatic N) is 3. The van der Waals surface area contributed by atoms with Gasteiger partial charge in [0.25, 0.3) is 17.7 Å². The van der Waals surface area contributed by atoms with Gasteiger partial charge in [0.1, 0.15) is 22.8 Å². The Hall–Kier alpha value is -5.83. The summed E-state index contributed by atoms with van der Waals surface area (Å²) >= 11 is 0. The van der Waals surface area contributed by atoms with Gasteiger partial charge in [-0.15, -0.1) is 0 Å². The minimum Gasteiger partial charge on any atom is -0.493 e. The number of aryl methyl sites for hydroxylation is 1. The Morgan fingerprint density at radius 2 is 1.51 bits per heavy atom. The normalized spacial score (nSPS) is 12.9. The van der Waals surface area contributed by atoms with Crippen molar-refractivity contribution in [2.75, 3.05) is 83.9 Å². The van der Waals surface area contributed by atoms with E-state index in [9.17, 15) is 24.0 Å². The maximum absolute atomic E-state index is 14.0. The van der Waals surface area contributed by atoms with E-state index in [2.05, 4.69) is 27.9 Å². The van der Waals surface area contributed by atoms with Gasteiger partial charge >= 0.3 is 6.09 Å². The predicted octanol–water partition coefficient (Wildman–Crippen LogP) is 5.66. The van der Waals surface area contributed by atoms with Crippen molar-refractivity contribution >= 4 is 41.1 Å². The number of carbonyl (C=O) groups is 5. The first kappa shape index (κ1) is 45.9. The largest absolute Gasteiger partial charge is 0.493 e. The zero-order chi connectivity index (χ0) is 43.0. The van der Waals surface area contributed by atoms with Gasteiger partial charge < -0.3 is 49.6 Å². The number of unbranched alkanes of at least 4 members (excludes halogenated alkanes) is 2. The summed E-state index contributed by atoms with van der Waals surface area (Å²) in [6.45, 7) is 11.3. The third-order valence-electron chi connectivity index (χ3n) is 9.42. The summed E-state index contributed by atoms with van der Waals surface area (Å²) in [6.07, 6.45) is 2.84. The smallest absolute Gasteiger partial charge is 0.407 e. The van der Waals surface area contributed by atoms with E-state index in [1.165, 1.54) is 18.0 Å². The molecule has 0 bridgehead atoms. The van der Waals surface area contributed by atoms with E-state index in [0.29, 0.717) is 43.2 Å². The second-order valence-corrected chi connectivity index (χ2v) is 15.4. The topological polar surface area (TPSA) is 168 Å². The third-order valence-corrected chi connectivity index (χ3v) is 9.42. The number of likely N-dealkylation sites (N-methyl/N-ethyl adjacent to an activating group) is 2. The van der Waals surface area contributed by atoms with Crippen molar-refractivity contribution in [3.8, 4) is 17.2 Å². The number of para-hydroxylation sites is 1. The molecule has 15 nitrogen and oxygen atoms in total. The summed E-state index contributed by atoms with van der Waals surface area (Å²) in [5.41, 5.74) is 1.65. The minimum atomic E-state index is -0.607. The highest BCUT2D eigenvalue weighted by atomic mass is 16.6. The second kappa shape index (κ2) is 22.4. The molecule has 0 radical (unpaired) electrons. The van der Waals surface area contributed by atoms with Crippen molar-refractivity contribution in [3.05, 3.63) is 77.4 Å². The number of alkyl carbamates (subject to hydrolysis) is 1. The number of nitrogens with one attached hydrogen (secondary N) is 3. The first-order chi connectivity index (χ1) is 28.1. The van der Waals surface area contributed by atoms with Gasteiger partial charge in [0, 0.05) is 58.8 Å². The van der Waals surface area contributed by atoms with Crippen LogP contribution in [0.1, 0.15) is 79.2 Å². The number of amides is 5. The van der Waals surface area contributed by atoms with E-state index in [4.69, 9.17) is 18.9 Å². The molecule has 1 heterocycles. The average Bonchev–Trinajstić information content (AvgIpc) is 3.20. The van der Waals surface area contributed by atoms with Gasteiger partial charge in [-0.1, -0.05) is 18.2 Å². The molecular formula is C44H60N6O9. The highest BCUT2D eigenvalue weighted by Crippen LogP contribution is 2.33. The highest BCUT2D eigenvalue weighted by Gasteiger charge is 2.22. The molecule has 0 unspecified atom stereocenters. The minimum absolute atomic E-state index is 0.110. The zero-order valence-electron chi connectivity index (χ0n) is 35.5. The predicted molar refractivity (Wildman–Crippen MR) is 227 cm³/mol. The number of hydrogen-bond acceptors (Lipinski definition) is 10. The third kappa shape index (κ3) is 14.8. The average molecular weight is 817 g/mol. The summed E-state index contributed by atoms with van der Waals surface area (Å²) in [5, 5.41) is 8.02. The molecule has 15 heteroatoms. The van der Waals surface area contributed by atoms with Crippen LogP contribution in [0.3, 0.4) is 0 Å². The summed E-state index contributed by atoms with van der Waals surface area (Å²) in [6, 6.07) is 16.9. The molecule has 59 heavy (non-hydrogen) atoms. The second-order valence-electron chi connectivity index (χ2n) is 15.4. The molecule has 1 aliphatic heterocycles. The van der Waals surface area contributed by atoms with Crippen molar-refractivity contribution in [1.82, 2.24) is 20.4 Å². The fourth-order valence-corrected chi connectivity index (χ4v) is 6.09. The number of anilines is 2. The van der Waals surface area contributed by atoms with Gasteiger partial charge in [0.2, 0.25) is 5.91 Å². The highest BCUT2D eigenvalue weighted by molar-refractivity contribution is 6.09. The summed E-state index contributed by atoms with van der Waals surface area (Å²) < 4.78 is 23.2. The van der Waals surface area contributed by atoms with E-state index in [0.717, 1.165) is 51.0 Å². The van der Waals surface area contributed by atoms with Gasteiger partial charge in [-0.05, 0) is 108 Å². The van der Waals surface area contributed by atoms with Gasteiger partial charge in [-0.3, -0.25) is 19.2 Å². The molecule has 320 valence electrons. The van der Waals surface area contributed by atoms with E-state index < -0.39 is 23.5 Å². The van der Waals surface area contributed by atoms with Crippen LogP contribution in [0.25, 0.3) is 0 Å². The van der Waals surface area contributed by atoms with Crippen LogP contribution < -0.4 is 35.1 Å². The summed E-state index contributed by atoms with van der Waals surface area (Å²) in [4.78, 5) is 70.0. The molecule has 1 aliphatic rings. The number of hydrogen-bond donors (Lipinski definition) is 3. The number of benzene rings is 3. The van der Waals surface area contributed by atoms with Gasteiger partial charge in [0.05, 0.1) is 30.2 Å². The van der Waals surface area contributed by atoms with Crippen LogP contribution in [-0.4, -0.2) is 119 Å². The first-order valence-corrected chi connectivity index (χ1v) is 20.1. The molecule has 0 atom stereocenters. The Labute approximate surface area is 347 Å². The Bertz CT molecular complexity index is 1910. The maximum atomic E-state index is 14.0. The number of carbonyl (C=O) groups excluding carboxylic acids is 5. The molecule has 3 aromatic rings. The lowest BCUT2D eigenvalue weighted by molar-refractivity contribution is -0.132. The van der Waals surface area contributed by atoms with E-state index in [-0.39, 0.29) is 47.6 Å². The molecule has 0 aliphatic carbocycles. The summed E-state index contributed by atoms with van der Waals surface area (Å²) in [7, 11) is 5.19. The molecule has 3 N–H and O–H groups in total. The zero-order valence-corrected chi connectivity index (χ0v) is 35.5. The Kier molecular flexibility index (Phi) is 17.4. The molecule has 0 saturated carbocycles. The lowest BCUT2D eigenvalue weighted by atomic mass is 10.1. The molecule has 0 spiro atoms. The molecule has 4 rings (SSSR count). The van der Waals surface area contributed by atoms with Crippen LogP contribution in [0, 0.1) is 6.92 Å². The molecule has 5 amide bonds. The van der Waals surface area contributed by atoms with Crippen LogP contribution in [0.2, 0.25) is 0 Å². The van der Waals surface area contributed by atoms with Crippen molar-refractivity contribution in [2.24, 2.45) is 0 Å². The molecule has 1 fully saturated rings. The number of rotatable bonds is 19. The fourth-order valence-electron chi connectivity index (χ4n) is 6.09. The molecule has 0 aromatic heterocycles. The quantitative estimate of drug-likeness (QED) is 0.129. The van der Waals surface area contributed by atoms with Crippen molar-refractivity contribution < 1.29 is 42.9 Å². The summed E-state index contributed by atoms with van der Waals surface area (Å²) in [5.74, 6) is -0.0866. The fraction of sp³-hybridized carbons (Fsp3) is 0.477. The van der Waals surface area contributed by atoms with Crippen LogP contribution >= 0.6 is 0 Å². The lowest BCUT2D eigenvalue weighted by Gasteiger charge is -2.32. The van der Waals surface area contributed by atoms with Crippen LogP contribution in [0.4, 0.5) is 16.2 Å². The molecule has 3 aromatic carbocycles. The van der Waals surface area contributed by atoms with Crippen LogP contribution in [-0.2, 0) is 14.3 Å². The molecule has 1 saturated heterocycles. The Morgan fingerprint density at radius 1 is 0.797 bits per heavy atom. The van der Waals surface area contributed by atoms with Crippen LogP contribution in [0.15, 0.2) is 60.7 Å². The maximum Gasteiger partial charge on any atom is 0.407 e. The van der Waals surface area contributed by atoms with Gasteiger partial charge in [0.15, 0.2) is 6.61 Å². The number of piperazine rings is 1. The Balaban J connectivity index is 1.39. The monoisotopic (exact) mass is 816 g/mol. The standard InChI is InChI=1S/C44H60N6O9/c1-31-17-20-35(38(28-31)57-26-12-8-9-16-40(52)50-24-22-48(6)23-25-50)49(7)42(54)32-18-19-34(37(29-32)58-30-39(51)45-5)47-41(53)33-14-10-11-15-36(33)56-27-13-21-46-43(55)59-44(2,3)4/h10-11,14-15,17-20,28-29H,8-9,12-13,16,21-27,30H2,1-7H3,(H,45,51)(H,46,55)(H,47,53). The lowest BCUT2D eigenvalue weighted by Crippen LogP contribution is -2.47. The van der Waals surface area contributed by atoms with E-state index in [1.807, 2.05) is 30.0 Å². The Morgan fingerprint density at radius 3 is 2.24 bits per heavy atom. The van der Waals surface area contributed by atoms with Crippen molar-refractivity contribution in [2.45, 2.75) is 65.4 Å². The SMILES string of the molecule is CNC(=O)COc1cc(C(=O)N(C)c2ccc(C)cc2OCCCCCC(=O)N2CCN(C)CC2)ccc1NC(=O)c1ccccc1OCCCNC(=O)OC(C)(C)C. The van der Waals surface area contributed by atoms with Gasteiger partial charge in [-0.2, -0.15) is 0 Å². The van der Waals surface area contributed by atoms with E-state index >= 15 is 0 Å². The van der Waals surface area contributed by atoms with E-state index in [1.54, 1.807) is 64.2 Å².